The maximum Gasteiger partial charge on any atom is 0.165 e. The van der Waals surface area contributed by atoms with Gasteiger partial charge in [-0.1, -0.05) is 164 Å². The van der Waals surface area contributed by atoms with Crippen molar-refractivity contribution in [1.29, 1.82) is 0 Å². The molecule has 0 saturated heterocycles. The predicted octanol–water partition coefficient (Wildman–Crippen LogP) is 15.0. The van der Waals surface area contributed by atoms with Gasteiger partial charge in [0.25, 0.3) is 0 Å². The van der Waals surface area contributed by atoms with E-state index in [1.165, 1.54) is 0 Å². The third-order valence-electron chi connectivity index (χ3n) is 13.8. The Labute approximate surface area is 414 Å². The van der Waals surface area contributed by atoms with Crippen LogP contribution in [0, 0.1) is 0 Å². The van der Waals surface area contributed by atoms with Crippen molar-refractivity contribution in [2.75, 3.05) is 9.80 Å². The van der Waals surface area contributed by atoms with Gasteiger partial charge in [0, 0.05) is 79.2 Å². The highest BCUT2D eigenvalue weighted by atomic mass is 15.2. The first kappa shape index (κ1) is 41.1. The van der Waals surface area contributed by atoms with Crippen LogP contribution in [0.1, 0.15) is 11.1 Å². The summed E-state index contributed by atoms with van der Waals surface area (Å²) in [6.07, 6.45) is 5.49. The van der Waals surface area contributed by atoms with Crippen LogP contribution < -0.4 is 15.3 Å². The molecule has 0 radical (unpaired) electrons. The van der Waals surface area contributed by atoms with E-state index < -0.39 is 0 Å². The second kappa shape index (κ2) is 16.9. The van der Waals surface area contributed by atoms with Gasteiger partial charge in [-0.05, 0) is 83.9 Å². The van der Waals surface area contributed by atoms with Crippen molar-refractivity contribution in [3.63, 3.8) is 0 Å². The largest absolute Gasteiger partial charge is 0.311 e. The highest BCUT2D eigenvalue weighted by Gasteiger charge is 2.25. The monoisotopic (exact) mass is 922 g/mol. The number of nitrogens with zero attached hydrogens (tertiary/aromatic N) is 8. The number of rotatable bonds is 9. The Morgan fingerprint density at radius 1 is 0.333 bits per heavy atom. The summed E-state index contributed by atoms with van der Waals surface area (Å²) < 4.78 is 4.67. The molecule has 338 valence electrons. The normalized spacial score (nSPS) is 11.6. The molecule has 14 aromatic rings. The number of hydrogen-bond donors (Lipinski definition) is 0. The summed E-state index contributed by atoms with van der Waals surface area (Å²) in [6, 6.07) is 83.5. The fraction of sp³-hybridized carbons (Fsp3) is 0. The maximum absolute atomic E-state index is 5.46. The second-order valence-corrected chi connectivity index (χ2v) is 17.9. The zero-order chi connectivity index (χ0) is 47.5. The summed E-state index contributed by atoms with van der Waals surface area (Å²) in [7, 11) is 0. The number of fused-ring (bicyclic) bond motifs is 7. The fourth-order valence-corrected chi connectivity index (χ4v) is 10.7. The fourth-order valence-electron chi connectivity index (χ4n) is 10.7. The van der Waals surface area contributed by atoms with E-state index in [9.17, 15) is 0 Å². The van der Waals surface area contributed by atoms with Gasteiger partial charge in [0.2, 0.25) is 0 Å². The maximum atomic E-state index is 5.46. The summed E-state index contributed by atoms with van der Waals surface area (Å²) in [6.45, 7) is 0. The summed E-state index contributed by atoms with van der Waals surface area (Å²) in [4.78, 5) is 25.7. The highest BCUT2D eigenvalue weighted by Crippen LogP contribution is 2.40. The lowest BCUT2D eigenvalue weighted by Crippen LogP contribution is -2.25. The molecule has 0 aliphatic carbocycles. The quantitative estimate of drug-likeness (QED) is 0.144. The number of aromatic nitrogens is 6. The molecule has 0 N–H and O–H groups in total. The molecule has 5 heterocycles. The molecule has 0 aliphatic rings. The van der Waals surface area contributed by atoms with Crippen molar-refractivity contribution in [3.8, 4) is 11.3 Å². The Bertz CT molecular complexity index is 4140. The Morgan fingerprint density at radius 2 is 0.722 bits per heavy atom. The van der Waals surface area contributed by atoms with Crippen LogP contribution in [0.25, 0.3) is 71.7 Å². The standard InChI is InChI=1S/C64H42N8/c1-6-18-43(19-7-1)56-42-67-63-59(68-56)55-31-17-29-53-52-28-16-30-54-58-62(66-41-40-65-58)71(60(52)54)64(72(63)61(53)55)57(44-32-36-50(37-33-44)69(46-20-8-2-9-21-46)47-22-10-3-11-23-47)45-34-38-51(39-35-45)70(48-24-12-4-13-25-48)49-26-14-5-15-27-49/h1-42H. The Morgan fingerprint density at radius 3 is 1.19 bits per heavy atom. The van der Waals surface area contributed by atoms with Crippen LogP contribution in [0.4, 0.5) is 34.1 Å². The zero-order valence-corrected chi connectivity index (χ0v) is 38.8. The molecule has 0 amide bonds. The van der Waals surface area contributed by atoms with Crippen molar-refractivity contribution in [2.45, 2.75) is 0 Å². The minimum atomic E-state index is 0.739. The molecule has 0 saturated carbocycles. The van der Waals surface area contributed by atoms with Gasteiger partial charge in [0.05, 0.1) is 22.9 Å². The topological polar surface area (TPSA) is 66.9 Å². The van der Waals surface area contributed by atoms with Gasteiger partial charge >= 0.3 is 0 Å². The van der Waals surface area contributed by atoms with E-state index in [1.807, 2.05) is 24.4 Å². The zero-order valence-electron chi connectivity index (χ0n) is 38.8. The SMILES string of the molecule is c1ccc(-c2cnc3c(n2)c2cccc4c5cccc6c7nccnc7n(c(=C(c7ccc(N(c8ccccc8)c8ccccc8)cc7)c7ccc(N(c8ccccc8)c8ccccc8)cc7)n3c42)c56)cc1. The molecule has 0 aliphatic heterocycles. The molecule has 9 aromatic carbocycles. The Kier molecular flexibility index (Phi) is 9.67. The highest BCUT2D eigenvalue weighted by molar-refractivity contribution is 6.22. The van der Waals surface area contributed by atoms with Crippen molar-refractivity contribution >= 4 is 94.6 Å². The molecule has 0 unspecified atom stereocenters. The van der Waals surface area contributed by atoms with Crippen LogP contribution in [-0.4, -0.2) is 28.7 Å². The molecule has 0 atom stereocenters. The number of hydrogen-bond acceptors (Lipinski definition) is 6. The first-order valence-electron chi connectivity index (χ1n) is 24.1. The van der Waals surface area contributed by atoms with Crippen LogP contribution in [-0.2, 0) is 0 Å². The van der Waals surface area contributed by atoms with Crippen molar-refractivity contribution < 1.29 is 0 Å². The van der Waals surface area contributed by atoms with E-state index in [0.29, 0.717) is 0 Å². The smallest absolute Gasteiger partial charge is 0.165 e. The van der Waals surface area contributed by atoms with Gasteiger partial charge in [-0.2, -0.15) is 0 Å². The first-order valence-corrected chi connectivity index (χ1v) is 24.1. The molecule has 8 nitrogen and oxygen atoms in total. The van der Waals surface area contributed by atoms with E-state index in [4.69, 9.17) is 19.9 Å². The van der Waals surface area contributed by atoms with Crippen molar-refractivity contribution in [2.24, 2.45) is 0 Å². The summed E-state index contributed by atoms with van der Waals surface area (Å²) in [5.74, 6) is 0. The van der Waals surface area contributed by atoms with E-state index in [-0.39, 0.29) is 0 Å². The van der Waals surface area contributed by atoms with Crippen LogP contribution in [0.3, 0.4) is 0 Å². The predicted molar refractivity (Wildman–Crippen MR) is 294 cm³/mol. The lowest BCUT2D eigenvalue weighted by atomic mass is 9.97. The Balaban J connectivity index is 1.14. The van der Waals surface area contributed by atoms with Crippen LogP contribution in [0.2, 0.25) is 0 Å². The minimum Gasteiger partial charge on any atom is -0.311 e. The van der Waals surface area contributed by atoms with Crippen molar-refractivity contribution in [1.82, 2.24) is 28.7 Å². The van der Waals surface area contributed by atoms with Crippen molar-refractivity contribution in [3.05, 3.63) is 272 Å². The second-order valence-electron chi connectivity index (χ2n) is 17.9. The van der Waals surface area contributed by atoms with Gasteiger partial charge in [-0.3, -0.25) is 13.8 Å². The van der Waals surface area contributed by atoms with Crippen LogP contribution >= 0.6 is 0 Å². The molecule has 8 heteroatoms. The third kappa shape index (κ3) is 6.61. The molecule has 72 heavy (non-hydrogen) atoms. The Hall–Kier alpha value is -9.92. The van der Waals surface area contributed by atoms with E-state index >= 15 is 0 Å². The lowest BCUT2D eigenvalue weighted by Gasteiger charge is -2.26. The lowest BCUT2D eigenvalue weighted by molar-refractivity contribution is 0.997. The third-order valence-corrected chi connectivity index (χ3v) is 13.8. The molecule has 0 bridgehead atoms. The van der Waals surface area contributed by atoms with Crippen LogP contribution in [0.15, 0.2) is 255 Å². The molecular formula is C64H42N8. The molecular weight excluding hydrogens is 881 g/mol. The summed E-state index contributed by atoms with van der Waals surface area (Å²) in [5, 5.41) is 4.18. The molecule has 14 rings (SSSR count). The number of benzene rings is 9. The van der Waals surface area contributed by atoms with Crippen LogP contribution in [0.5, 0.6) is 0 Å². The average molecular weight is 923 g/mol. The van der Waals surface area contributed by atoms with Gasteiger partial charge in [0.1, 0.15) is 16.5 Å². The summed E-state index contributed by atoms with van der Waals surface area (Å²) in [5.41, 5.74) is 17.2. The number of anilines is 6. The average Bonchev–Trinajstić information content (AvgIpc) is 3.93. The van der Waals surface area contributed by atoms with Gasteiger partial charge in [-0.15, -0.1) is 0 Å². The number of para-hydroxylation sites is 6. The molecule has 5 aromatic heterocycles. The van der Waals surface area contributed by atoms with E-state index in [2.05, 4.69) is 237 Å². The van der Waals surface area contributed by atoms with E-state index in [1.54, 1.807) is 12.4 Å². The molecule has 0 spiro atoms. The van der Waals surface area contributed by atoms with Gasteiger partial charge < -0.3 is 9.80 Å². The minimum absolute atomic E-state index is 0.739. The molecule has 0 fully saturated rings. The first-order chi connectivity index (χ1) is 35.8. The summed E-state index contributed by atoms with van der Waals surface area (Å²) >= 11 is 0. The van der Waals surface area contributed by atoms with Gasteiger partial charge in [-0.25, -0.2) is 15.0 Å². The van der Waals surface area contributed by atoms with E-state index in [0.717, 1.165) is 122 Å². The van der Waals surface area contributed by atoms with Gasteiger partial charge in [0.15, 0.2) is 11.3 Å².